The number of hydrogen-bond acceptors (Lipinski definition) is 3. The quantitative estimate of drug-likeness (QED) is 0.767. The van der Waals surface area contributed by atoms with Gasteiger partial charge in [0.05, 0.1) is 6.04 Å². The van der Waals surface area contributed by atoms with Crippen LogP contribution in [-0.4, -0.2) is 42.4 Å². The second-order valence-corrected chi connectivity index (χ2v) is 5.39. The molecule has 0 aromatic rings. The highest BCUT2D eigenvalue weighted by Crippen LogP contribution is 2.19. The Bertz CT molecular complexity index is 305. The average molecular weight is 255 g/mol. The van der Waals surface area contributed by atoms with E-state index in [-0.39, 0.29) is 17.9 Å². The van der Waals surface area contributed by atoms with Crippen LogP contribution in [0, 0.1) is 5.92 Å². The summed E-state index contributed by atoms with van der Waals surface area (Å²) in [5.74, 6) is 0.212. The molecule has 5 nitrogen and oxygen atoms in total. The molecule has 1 heterocycles. The van der Waals surface area contributed by atoms with Crippen LogP contribution in [0.5, 0.6) is 0 Å². The van der Waals surface area contributed by atoms with Crippen molar-refractivity contribution in [3.8, 4) is 0 Å². The number of likely N-dealkylation sites (N-methyl/N-ethyl adjacent to an activating group) is 1. The van der Waals surface area contributed by atoms with Crippen LogP contribution in [0.4, 0.5) is 0 Å². The largest absolute Gasteiger partial charge is 0.357 e. The molecule has 104 valence electrons. The summed E-state index contributed by atoms with van der Waals surface area (Å²) in [6.45, 7) is 4.72. The van der Waals surface area contributed by atoms with E-state index in [1.807, 2.05) is 13.8 Å². The molecular weight excluding hydrogens is 230 g/mol. The van der Waals surface area contributed by atoms with Gasteiger partial charge >= 0.3 is 0 Å². The zero-order chi connectivity index (χ0) is 13.7. The fourth-order valence-corrected chi connectivity index (χ4v) is 2.46. The molecule has 1 unspecified atom stereocenters. The number of rotatable bonds is 4. The van der Waals surface area contributed by atoms with Crippen molar-refractivity contribution in [1.82, 2.24) is 10.2 Å². The van der Waals surface area contributed by atoms with Crippen molar-refractivity contribution in [3.63, 3.8) is 0 Å². The van der Waals surface area contributed by atoms with Crippen molar-refractivity contribution in [2.45, 2.75) is 51.6 Å². The number of carbonyl (C=O) groups excluding carboxylic acids is 2. The summed E-state index contributed by atoms with van der Waals surface area (Å²) in [6, 6.07) is -0.829. The Hall–Kier alpha value is -1.10. The molecule has 0 spiro atoms. The standard InChI is InChI=1S/C13H25N3O2/c1-9(2)8-10(14)13(18)16-7-5-4-6-11(16)12(17)15-3/h9-11H,4-8,14H2,1-3H3,(H,15,17)/t10-,11?/m1/s1. The monoisotopic (exact) mass is 255 g/mol. The lowest BCUT2D eigenvalue weighted by Crippen LogP contribution is -2.55. The molecule has 1 fully saturated rings. The van der Waals surface area contributed by atoms with Crippen molar-refractivity contribution in [3.05, 3.63) is 0 Å². The number of amides is 2. The Labute approximate surface area is 109 Å². The molecule has 0 aliphatic carbocycles. The van der Waals surface area contributed by atoms with E-state index >= 15 is 0 Å². The minimum absolute atomic E-state index is 0.0835. The first-order chi connectivity index (χ1) is 8.47. The van der Waals surface area contributed by atoms with E-state index in [1.54, 1.807) is 11.9 Å². The number of nitrogens with two attached hydrogens (primary N) is 1. The van der Waals surface area contributed by atoms with Gasteiger partial charge in [-0.1, -0.05) is 13.8 Å². The summed E-state index contributed by atoms with van der Waals surface area (Å²) in [5.41, 5.74) is 5.93. The third kappa shape index (κ3) is 3.70. The fraction of sp³-hybridized carbons (Fsp3) is 0.846. The molecule has 3 N–H and O–H groups in total. The molecule has 1 aliphatic rings. The summed E-state index contributed by atoms with van der Waals surface area (Å²) in [6.07, 6.45) is 3.34. The number of piperidine rings is 1. The molecule has 5 heteroatoms. The van der Waals surface area contributed by atoms with Crippen LogP contribution in [0.15, 0.2) is 0 Å². The van der Waals surface area contributed by atoms with Gasteiger partial charge in [-0.05, 0) is 31.6 Å². The second kappa shape index (κ2) is 6.73. The Morgan fingerprint density at radius 2 is 2.06 bits per heavy atom. The van der Waals surface area contributed by atoms with Gasteiger partial charge in [-0.15, -0.1) is 0 Å². The zero-order valence-electron chi connectivity index (χ0n) is 11.6. The normalized spacial score (nSPS) is 21.8. The third-order valence-electron chi connectivity index (χ3n) is 3.38. The van der Waals surface area contributed by atoms with Gasteiger partial charge in [0.2, 0.25) is 11.8 Å². The second-order valence-electron chi connectivity index (χ2n) is 5.39. The summed E-state index contributed by atoms with van der Waals surface area (Å²) in [7, 11) is 1.60. The van der Waals surface area contributed by atoms with Gasteiger partial charge < -0.3 is 16.0 Å². The molecule has 0 bridgehead atoms. The summed E-state index contributed by atoms with van der Waals surface area (Å²) in [5, 5.41) is 2.63. The highest BCUT2D eigenvalue weighted by Gasteiger charge is 2.33. The molecule has 0 saturated carbocycles. The molecule has 1 rings (SSSR count). The molecule has 18 heavy (non-hydrogen) atoms. The summed E-state index contributed by atoms with van der Waals surface area (Å²) < 4.78 is 0. The lowest BCUT2D eigenvalue weighted by molar-refractivity contribution is -0.143. The number of nitrogens with zero attached hydrogens (tertiary/aromatic N) is 1. The lowest BCUT2D eigenvalue weighted by atomic mass is 9.98. The number of nitrogens with one attached hydrogen (secondary N) is 1. The molecule has 2 amide bonds. The Balaban J connectivity index is 2.70. The predicted octanol–water partition coefficient (Wildman–Crippen LogP) is 0.487. The van der Waals surface area contributed by atoms with Crippen LogP contribution in [0.25, 0.3) is 0 Å². The maximum absolute atomic E-state index is 12.3. The Morgan fingerprint density at radius 1 is 1.39 bits per heavy atom. The SMILES string of the molecule is CNC(=O)C1CCCCN1C(=O)[C@H](N)CC(C)C. The van der Waals surface area contributed by atoms with Gasteiger partial charge in [-0.3, -0.25) is 9.59 Å². The number of carbonyl (C=O) groups is 2. The van der Waals surface area contributed by atoms with Crippen molar-refractivity contribution in [1.29, 1.82) is 0 Å². The average Bonchev–Trinajstić information content (AvgIpc) is 2.36. The molecule has 1 aliphatic heterocycles. The predicted molar refractivity (Wildman–Crippen MR) is 70.8 cm³/mol. The molecule has 2 atom stereocenters. The smallest absolute Gasteiger partial charge is 0.242 e. The van der Waals surface area contributed by atoms with Gasteiger partial charge in [0, 0.05) is 13.6 Å². The Kier molecular flexibility index (Phi) is 5.59. The van der Waals surface area contributed by atoms with Crippen LogP contribution < -0.4 is 11.1 Å². The van der Waals surface area contributed by atoms with Crippen molar-refractivity contribution < 1.29 is 9.59 Å². The van der Waals surface area contributed by atoms with Gasteiger partial charge in [-0.25, -0.2) is 0 Å². The Morgan fingerprint density at radius 3 is 2.61 bits per heavy atom. The molecule has 0 radical (unpaired) electrons. The van der Waals surface area contributed by atoms with Gasteiger partial charge in [-0.2, -0.15) is 0 Å². The van der Waals surface area contributed by atoms with Crippen molar-refractivity contribution in [2.24, 2.45) is 11.7 Å². The highest BCUT2D eigenvalue weighted by atomic mass is 16.2. The van der Waals surface area contributed by atoms with E-state index in [1.165, 1.54) is 0 Å². The lowest BCUT2D eigenvalue weighted by Gasteiger charge is -2.36. The van der Waals surface area contributed by atoms with Crippen LogP contribution in [0.2, 0.25) is 0 Å². The van der Waals surface area contributed by atoms with E-state index in [4.69, 9.17) is 5.73 Å². The molecule has 1 saturated heterocycles. The fourth-order valence-electron chi connectivity index (χ4n) is 2.46. The maximum atomic E-state index is 12.3. The number of likely N-dealkylation sites (tertiary alicyclic amines) is 1. The molecular formula is C13H25N3O2. The van der Waals surface area contributed by atoms with Crippen molar-refractivity contribution in [2.75, 3.05) is 13.6 Å². The van der Waals surface area contributed by atoms with Crippen LogP contribution in [0.1, 0.15) is 39.5 Å². The summed E-state index contributed by atoms with van der Waals surface area (Å²) in [4.78, 5) is 25.7. The highest BCUT2D eigenvalue weighted by molar-refractivity contribution is 5.89. The van der Waals surface area contributed by atoms with E-state index in [9.17, 15) is 9.59 Å². The summed E-state index contributed by atoms with van der Waals surface area (Å²) >= 11 is 0. The van der Waals surface area contributed by atoms with Crippen molar-refractivity contribution >= 4 is 11.8 Å². The van der Waals surface area contributed by atoms with Crippen LogP contribution >= 0.6 is 0 Å². The zero-order valence-corrected chi connectivity index (χ0v) is 11.6. The van der Waals surface area contributed by atoms with Gasteiger partial charge in [0.15, 0.2) is 0 Å². The van der Waals surface area contributed by atoms with E-state index in [0.717, 1.165) is 19.3 Å². The third-order valence-corrected chi connectivity index (χ3v) is 3.38. The van der Waals surface area contributed by atoms with E-state index < -0.39 is 6.04 Å². The minimum Gasteiger partial charge on any atom is -0.357 e. The van der Waals surface area contributed by atoms with Gasteiger partial charge in [0.1, 0.15) is 6.04 Å². The molecule has 0 aromatic carbocycles. The number of hydrogen-bond donors (Lipinski definition) is 2. The minimum atomic E-state index is -0.491. The van der Waals surface area contributed by atoms with E-state index in [0.29, 0.717) is 18.9 Å². The first-order valence-corrected chi connectivity index (χ1v) is 6.75. The molecule has 0 aromatic heterocycles. The topological polar surface area (TPSA) is 75.4 Å². The van der Waals surface area contributed by atoms with E-state index in [2.05, 4.69) is 5.32 Å². The van der Waals surface area contributed by atoms with Gasteiger partial charge in [0.25, 0.3) is 0 Å². The maximum Gasteiger partial charge on any atom is 0.242 e. The first kappa shape index (κ1) is 15.0. The first-order valence-electron chi connectivity index (χ1n) is 6.75. The van der Waals surface area contributed by atoms with Crippen LogP contribution in [-0.2, 0) is 9.59 Å². The van der Waals surface area contributed by atoms with Crippen LogP contribution in [0.3, 0.4) is 0 Å².